The zero-order valence-electron chi connectivity index (χ0n) is 15.0. The van der Waals surface area contributed by atoms with Gasteiger partial charge in [-0.15, -0.1) is 0 Å². The number of hydrogen-bond acceptors (Lipinski definition) is 5. The van der Waals surface area contributed by atoms with E-state index < -0.39 is 20.6 Å². The number of carbonyl (C=O) groups is 1. The lowest BCUT2D eigenvalue weighted by Gasteiger charge is -2.31. The molecule has 1 amide bonds. The molecule has 1 atom stereocenters. The molecule has 0 bridgehead atoms. The highest BCUT2D eigenvalue weighted by atomic mass is 32.2. The number of carbonyl (C=O) groups excluding carboxylic acids is 1. The monoisotopic (exact) mass is 385 g/mol. The van der Waals surface area contributed by atoms with Gasteiger partial charge in [-0.1, -0.05) is 19.1 Å². The van der Waals surface area contributed by atoms with Crippen LogP contribution in [0.1, 0.15) is 20.3 Å². The van der Waals surface area contributed by atoms with Crippen LogP contribution in [0.3, 0.4) is 0 Å². The lowest BCUT2D eigenvalue weighted by Crippen LogP contribution is -3.15. The molecule has 1 aliphatic rings. The van der Waals surface area contributed by atoms with Gasteiger partial charge in [0.05, 0.1) is 31.1 Å². The van der Waals surface area contributed by atoms with Crippen molar-refractivity contribution >= 4 is 21.6 Å². The Labute approximate surface area is 153 Å². The fourth-order valence-electron chi connectivity index (χ4n) is 2.84. The summed E-state index contributed by atoms with van der Waals surface area (Å²) in [5, 5.41) is 14.0. The van der Waals surface area contributed by atoms with Crippen molar-refractivity contribution in [3.63, 3.8) is 0 Å². The SMILES string of the molecule is CC[C@H](C)NC(=O)C[NH+]1CCN(S(=O)(=O)c2ccccc2[N+](=O)[O-])CC1. The van der Waals surface area contributed by atoms with Crippen LogP contribution < -0.4 is 10.2 Å². The Kier molecular flexibility index (Phi) is 6.68. The Hall–Kier alpha value is -2.04. The fraction of sp³-hybridized carbons (Fsp3) is 0.562. The summed E-state index contributed by atoms with van der Waals surface area (Å²) in [7, 11) is -3.93. The molecular formula is C16H25N4O5S+. The third-order valence-corrected chi connectivity index (χ3v) is 6.49. The van der Waals surface area contributed by atoms with Crippen molar-refractivity contribution in [2.24, 2.45) is 0 Å². The number of amides is 1. The Morgan fingerprint density at radius 1 is 1.35 bits per heavy atom. The van der Waals surface area contributed by atoms with Gasteiger partial charge in [0.25, 0.3) is 11.6 Å². The smallest absolute Gasteiger partial charge is 0.289 e. The summed E-state index contributed by atoms with van der Waals surface area (Å²) < 4.78 is 26.8. The maximum absolute atomic E-state index is 12.8. The van der Waals surface area contributed by atoms with E-state index in [4.69, 9.17) is 0 Å². The standard InChI is InChI=1S/C16H24N4O5S/c1-3-13(2)17-16(21)12-18-8-10-19(11-9-18)26(24,25)15-7-5-4-6-14(15)20(22)23/h4-7,13H,3,8-12H2,1-2H3,(H,17,21)/p+1/t13-/m0/s1. The van der Waals surface area contributed by atoms with E-state index in [1.807, 2.05) is 13.8 Å². The molecular weight excluding hydrogens is 360 g/mol. The second kappa shape index (κ2) is 8.56. The van der Waals surface area contributed by atoms with Crippen LogP contribution in [-0.2, 0) is 14.8 Å². The molecule has 0 unspecified atom stereocenters. The molecule has 26 heavy (non-hydrogen) atoms. The Bertz CT molecular complexity index is 760. The lowest BCUT2D eigenvalue weighted by atomic mass is 10.2. The molecule has 1 aromatic carbocycles. The number of quaternary nitrogens is 1. The minimum Gasteiger partial charge on any atom is -0.349 e. The van der Waals surface area contributed by atoms with Gasteiger partial charge in [-0.3, -0.25) is 14.9 Å². The van der Waals surface area contributed by atoms with E-state index in [9.17, 15) is 23.3 Å². The second-order valence-corrected chi connectivity index (χ2v) is 8.34. The van der Waals surface area contributed by atoms with Gasteiger partial charge in [0, 0.05) is 12.1 Å². The highest BCUT2D eigenvalue weighted by molar-refractivity contribution is 7.89. The number of sulfonamides is 1. The average molecular weight is 385 g/mol. The number of benzene rings is 1. The van der Waals surface area contributed by atoms with Crippen LogP contribution in [0.25, 0.3) is 0 Å². The van der Waals surface area contributed by atoms with Gasteiger partial charge in [-0.2, -0.15) is 4.31 Å². The van der Waals surface area contributed by atoms with Crippen molar-refractivity contribution in [2.45, 2.75) is 31.2 Å². The van der Waals surface area contributed by atoms with E-state index in [1.165, 1.54) is 28.6 Å². The summed E-state index contributed by atoms with van der Waals surface area (Å²) in [6, 6.07) is 5.47. The van der Waals surface area contributed by atoms with Crippen LogP contribution in [0, 0.1) is 10.1 Å². The van der Waals surface area contributed by atoms with Crippen molar-refractivity contribution in [1.82, 2.24) is 9.62 Å². The third-order valence-electron chi connectivity index (χ3n) is 4.54. The molecule has 9 nitrogen and oxygen atoms in total. The summed E-state index contributed by atoms with van der Waals surface area (Å²) in [4.78, 5) is 23.1. The topological polar surface area (TPSA) is 114 Å². The number of nitrogens with zero attached hydrogens (tertiary/aromatic N) is 2. The first-order valence-electron chi connectivity index (χ1n) is 8.62. The van der Waals surface area contributed by atoms with Gasteiger partial charge in [0.1, 0.15) is 0 Å². The van der Waals surface area contributed by atoms with Crippen molar-refractivity contribution in [3.8, 4) is 0 Å². The summed E-state index contributed by atoms with van der Waals surface area (Å²) in [5.74, 6) is -0.0515. The molecule has 1 fully saturated rings. The van der Waals surface area contributed by atoms with Gasteiger partial charge in [0.15, 0.2) is 11.4 Å². The first-order chi connectivity index (χ1) is 12.3. The number of nitro benzene ring substituents is 1. The molecule has 1 heterocycles. The molecule has 0 saturated carbocycles. The predicted octanol–water partition coefficient (Wildman–Crippen LogP) is -0.601. The molecule has 1 saturated heterocycles. The van der Waals surface area contributed by atoms with Gasteiger partial charge in [0.2, 0.25) is 10.0 Å². The van der Waals surface area contributed by atoms with E-state index in [1.54, 1.807) is 0 Å². The summed E-state index contributed by atoms with van der Waals surface area (Å²) in [5.41, 5.74) is -0.421. The first-order valence-corrected chi connectivity index (χ1v) is 10.1. The number of nitro groups is 1. The molecule has 0 aliphatic carbocycles. The zero-order chi connectivity index (χ0) is 19.3. The quantitative estimate of drug-likeness (QED) is 0.480. The average Bonchev–Trinajstić information content (AvgIpc) is 2.61. The molecule has 0 aromatic heterocycles. The molecule has 0 spiro atoms. The van der Waals surface area contributed by atoms with Gasteiger partial charge in [-0.25, -0.2) is 8.42 Å². The molecule has 144 valence electrons. The minimum absolute atomic E-state index is 0.0515. The van der Waals surface area contributed by atoms with Crippen LogP contribution >= 0.6 is 0 Å². The van der Waals surface area contributed by atoms with Crippen LogP contribution in [0.2, 0.25) is 0 Å². The Morgan fingerprint density at radius 2 is 1.96 bits per heavy atom. The first kappa shape index (κ1) is 20.3. The van der Waals surface area contributed by atoms with E-state index in [-0.39, 0.29) is 29.9 Å². The summed E-state index contributed by atoms with van der Waals surface area (Å²) >= 11 is 0. The number of nitrogens with one attached hydrogen (secondary N) is 2. The molecule has 10 heteroatoms. The lowest BCUT2D eigenvalue weighted by molar-refractivity contribution is -0.895. The van der Waals surface area contributed by atoms with Crippen molar-refractivity contribution < 1.29 is 23.0 Å². The van der Waals surface area contributed by atoms with Crippen LogP contribution in [0.5, 0.6) is 0 Å². The maximum Gasteiger partial charge on any atom is 0.289 e. The molecule has 1 aromatic rings. The number of piperazine rings is 1. The second-order valence-electron chi connectivity index (χ2n) is 6.43. The van der Waals surface area contributed by atoms with Crippen molar-refractivity contribution in [3.05, 3.63) is 34.4 Å². The van der Waals surface area contributed by atoms with E-state index in [0.717, 1.165) is 11.3 Å². The van der Waals surface area contributed by atoms with Crippen LogP contribution in [-0.4, -0.2) is 62.3 Å². The Morgan fingerprint density at radius 3 is 2.54 bits per heavy atom. The highest BCUT2D eigenvalue weighted by Gasteiger charge is 2.35. The summed E-state index contributed by atoms with van der Waals surface area (Å²) in [6.45, 7) is 5.63. The van der Waals surface area contributed by atoms with Crippen molar-refractivity contribution in [1.29, 1.82) is 0 Å². The maximum atomic E-state index is 12.8. The molecule has 2 N–H and O–H groups in total. The fourth-order valence-corrected chi connectivity index (χ4v) is 4.44. The Balaban J connectivity index is 2.01. The third kappa shape index (κ3) is 4.77. The van der Waals surface area contributed by atoms with Crippen molar-refractivity contribution in [2.75, 3.05) is 32.7 Å². The van der Waals surface area contributed by atoms with Gasteiger partial charge in [-0.05, 0) is 19.4 Å². The van der Waals surface area contributed by atoms with Crippen LogP contribution in [0.15, 0.2) is 29.2 Å². The number of hydrogen-bond donors (Lipinski definition) is 2. The van der Waals surface area contributed by atoms with E-state index in [2.05, 4.69) is 5.32 Å². The predicted molar refractivity (Wildman–Crippen MR) is 95.3 cm³/mol. The number of para-hydroxylation sites is 1. The zero-order valence-corrected chi connectivity index (χ0v) is 15.8. The number of rotatable bonds is 7. The highest BCUT2D eigenvalue weighted by Crippen LogP contribution is 2.26. The van der Waals surface area contributed by atoms with E-state index in [0.29, 0.717) is 19.6 Å². The summed E-state index contributed by atoms with van der Waals surface area (Å²) in [6.07, 6.45) is 0.850. The largest absolute Gasteiger partial charge is 0.349 e. The van der Waals surface area contributed by atoms with Crippen LogP contribution in [0.4, 0.5) is 5.69 Å². The van der Waals surface area contributed by atoms with Gasteiger partial charge < -0.3 is 10.2 Å². The van der Waals surface area contributed by atoms with Gasteiger partial charge >= 0.3 is 0 Å². The minimum atomic E-state index is -3.93. The molecule has 1 aliphatic heterocycles. The molecule has 2 rings (SSSR count). The molecule has 0 radical (unpaired) electrons. The normalized spacial score (nSPS) is 17.6. The van der Waals surface area contributed by atoms with E-state index >= 15 is 0 Å².